The molecule has 2 aliphatic rings. The zero-order valence-electron chi connectivity index (χ0n) is 16.4. The Balaban J connectivity index is 1.79. The quantitative estimate of drug-likeness (QED) is 0.841. The van der Waals surface area contributed by atoms with Crippen LogP contribution >= 0.6 is 0 Å². The minimum Gasteiger partial charge on any atom is -0.332 e. The molecule has 0 saturated heterocycles. The van der Waals surface area contributed by atoms with Crippen molar-refractivity contribution in [2.24, 2.45) is 0 Å². The highest BCUT2D eigenvalue weighted by Crippen LogP contribution is 2.50. The van der Waals surface area contributed by atoms with E-state index in [1.165, 1.54) is 0 Å². The number of carbonyl (C=O) groups is 2. The van der Waals surface area contributed by atoms with Gasteiger partial charge in [0.05, 0.1) is 11.5 Å². The number of fused-ring (bicyclic) bond motifs is 1. The van der Waals surface area contributed by atoms with Crippen LogP contribution < -0.4 is 5.32 Å². The van der Waals surface area contributed by atoms with Crippen LogP contribution in [0.1, 0.15) is 67.3 Å². The van der Waals surface area contributed by atoms with Gasteiger partial charge in [0, 0.05) is 18.3 Å². The normalized spacial score (nSPS) is 20.2. The molecule has 1 N–H and O–H groups in total. The van der Waals surface area contributed by atoms with Crippen LogP contribution in [0.3, 0.4) is 0 Å². The zero-order chi connectivity index (χ0) is 19.6. The Morgan fingerprint density at radius 2 is 1.93 bits per heavy atom. The number of aromatic nitrogens is 1. The third-order valence-electron chi connectivity index (χ3n) is 6.21. The summed E-state index contributed by atoms with van der Waals surface area (Å²) in [5.74, 6) is 0.188. The average molecular weight is 377 g/mol. The lowest BCUT2D eigenvalue weighted by Crippen LogP contribution is -2.60. The van der Waals surface area contributed by atoms with E-state index in [2.05, 4.69) is 17.2 Å². The Morgan fingerprint density at radius 1 is 1.18 bits per heavy atom. The van der Waals surface area contributed by atoms with Gasteiger partial charge in [0.15, 0.2) is 0 Å². The summed E-state index contributed by atoms with van der Waals surface area (Å²) in [6, 6.07) is 13.1. The van der Waals surface area contributed by atoms with Gasteiger partial charge in [-0.1, -0.05) is 50.5 Å². The minimum absolute atomic E-state index is 0.0675. The highest BCUT2D eigenvalue weighted by Gasteiger charge is 2.55. The van der Waals surface area contributed by atoms with Crippen LogP contribution in [0.2, 0.25) is 0 Å². The van der Waals surface area contributed by atoms with Crippen molar-refractivity contribution in [1.82, 2.24) is 9.88 Å². The predicted octanol–water partition coefficient (Wildman–Crippen LogP) is 4.37. The van der Waals surface area contributed by atoms with Gasteiger partial charge in [0.2, 0.25) is 5.91 Å². The monoisotopic (exact) mass is 377 g/mol. The Bertz CT molecular complexity index is 859. The van der Waals surface area contributed by atoms with Crippen molar-refractivity contribution in [2.75, 3.05) is 11.9 Å². The van der Waals surface area contributed by atoms with E-state index in [0.29, 0.717) is 17.9 Å². The van der Waals surface area contributed by atoms with Crippen LogP contribution in [0.15, 0.2) is 48.7 Å². The van der Waals surface area contributed by atoms with E-state index in [4.69, 9.17) is 0 Å². The van der Waals surface area contributed by atoms with Crippen LogP contribution in [0.5, 0.6) is 0 Å². The molecule has 1 aromatic heterocycles. The highest BCUT2D eigenvalue weighted by atomic mass is 16.2. The summed E-state index contributed by atoms with van der Waals surface area (Å²) in [5.41, 5.74) is 1.09. The molecule has 0 bridgehead atoms. The van der Waals surface area contributed by atoms with Gasteiger partial charge in [0.25, 0.3) is 5.91 Å². The summed E-state index contributed by atoms with van der Waals surface area (Å²) in [5, 5.41) is 3.01. The van der Waals surface area contributed by atoms with Crippen molar-refractivity contribution in [3.05, 3.63) is 59.8 Å². The number of unbranched alkanes of at least 4 members (excludes halogenated alkanes) is 1. The number of carbonyl (C=O) groups excluding carboxylic acids is 2. The maximum atomic E-state index is 13.5. The predicted molar refractivity (Wildman–Crippen MR) is 109 cm³/mol. The molecule has 1 fully saturated rings. The first-order valence-electron chi connectivity index (χ1n) is 10.3. The maximum absolute atomic E-state index is 13.5. The van der Waals surface area contributed by atoms with Gasteiger partial charge in [0.1, 0.15) is 5.82 Å². The standard InChI is InChI=1S/C23H27N3O2/c1-2-3-16-26-22(28)18-11-5-4-10-17(18)20(23(26)13-7-8-14-23)21(27)25-19-12-6-9-15-24-19/h4-6,9-12,15,20H,2-3,7-8,13-14,16H2,1H3,(H,24,25,27). The molecule has 2 heterocycles. The van der Waals surface area contributed by atoms with E-state index in [1.807, 2.05) is 41.3 Å². The molecule has 1 aromatic carbocycles. The smallest absolute Gasteiger partial charge is 0.254 e. The summed E-state index contributed by atoms with van der Waals surface area (Å²) >= 11 is 0. The summed E-state index contributed by atoms with van der Waals surface area (Å²) in [6.07, 6.45) is 7.48. The number of amides is 2. The number of benzene rings is 1. The summed E-state index contributed by atoms with van der Waals surface area (Å²) in [6.45, 7) is 2.84. The van der Waals surface area contributed by atoms with Crippen LogP contribution in [0, 0.1) is 0 Å². The summed E-state index contributed by atoms with van der Waals surface area (Å²) < 4.78 is 0. The first-order chi connectivity index (χ1) is 13.7. The third-order valence-corrected chi connectivity index (χ3v) is 6.21. The highest BCUT2D eigenvalue weighted by molar-refractivity contribution is 6.04. The van der Waals surface area contributed by atoms with E-state index in [-0.39, 0.29) is 17.7 Å². The van der Waals surface area contributed by atoms with Gasteiger partial charge in [-0.05, 0) is 43.0 Å². The van der Waals surface area contributed by atoms with Gasteiger partial charge in [-0.3, -0.25) is 9.59 Å². The van der Waals surface area contributed by atoms with Crippen LogP contribution in [0.4, 0.5) is 5.82 Å². The van der Waals surface area contributed by atoms with Crippen molar-refractivity contribution in [2.45, 2.75) is 56.9 Å². The number of nitrogens with one attached hydrogen (secondary N) is 1. The second-order valence-electron chi connectivity index (χ2n) is 7.85. The number of anilines is 1. The van der Waals surface area contributed by atoms with E-state index in [9.17, 15) is 9.59 Å². The Kier molecular flexibility index (Phi) is 5.16. The molecule has 5 nitrogen and oxygen atoms in total. The van der Waals surface area contributed by atoms with Gasteiger partial charge >= 0.3 is 0 Å². The molecule has 1 aliphatic heterocycles. The number of hydrogen-bond acceptors (Lipinski definition) is 3. The van der Waals surface area contributed by atoms with Crippen molar-refractivity contribution in [1.29, 1.82) is 0 Å². The maximum Gasteiger partial charge on any atom is 0.254 e. The second kappa shape index (κ2) is 7.74. The molecular weight excluding hydrogens is 350 g/mol. The summed E-state index contributed by atoms with van der Waals surface area (Å²) in [7, 11) is 0. The molecule has 1 unspecified atom stereocenters. The van der Waals surface area contributed by atoms with Crippen LogP contribution in [0.25, 0.3) is 0 Å². The van der Waals surface area contributed by atoms with Crippen LogP contribution in [-0.2, 0) is 4.79 Å². The van der Waals surface area contributed by atoms with Gasteiger partial charge in [-0.25, -0.2) is 4.98 Å². The van der Waals surface area contributed by atoms with Crippen molar-refractivity contribution in [3.63, 3.8) is 0 Å². The molecule has 5 heteroatoms. The molecule has 1 aliphatic carbocycles. The fourth-order valence-corrected chi connectivity index (χ4v) is 4.94. The molecule has 1 saturated carbocycles. The van der Waals surface area contributed by atoms with Crippen molar-refractivity contribution in [3.8, 4) is 0 Å². The van der Waals surface area contributed by atoms with Gasteiger partial charge in [-0.2, -0.15) is 0 Å². The molecule has 28 heavy (non-hydrogen) atoms. The minimum atomic E-state index is -0.431. The molecule has 2 aromatic rings. The average Bonchev–Trinajstić information content (AvgIpc) is 3.18. The van der Waals surface area contributed by atoms with Gasteiger partial charge < -0.3 is 10.2 Å². The number of pyridine rings is 1. The first kappa shape index (κ1) is 18.7. The number of rotatable bonds is 5. The molecular formula is C23H27N3O2. The first-order valence-corrected chi connectivity index (χ1v) is 10.3. The van der Waals surface area contributed by atoms with Crippen LogP contribution in [-0.4, -0.2) is 33.8 Å². The van der Waals surface area contributed by atoms with E-state index >= 15 is 0 Å². The lowest BCUT2D eigenvalue weighted by atomic mass is 9.71. The number of nitrogens with zero attached hydrogens (tertiary/aromatic N) is 2. The Labute approximate surface area is 166 Å². The van der Waals surface area contributed by atoms with Gasteiger partial charge in [-0.15, -0.1) is 0 Å². The lowest BCUT2D eigenvalue weighted by molar-refractivity contribution is -0.121. The van der Waals surface area contributed by atoms with E-state index in [1.54, 1.807) is 12.3 Å². The molecule has 2 amide bonds. The molecule has 146 valence electrons. The van der Waals surface area contributed by atoms with Crippen molar-refractivity contribution >= 4 is 17.6 Å². The van der Waals surface area contributed by atoms with E-state index < -0.39 is 5.54 Å². The Morgan fingerprint density at radius 3 is 2.64 bits per heavy atom. The lowest BCUT2D eigenvalue weighted by Gasteiger charge is -2.50. The molecule has 0 radical (unpaired) electrons. The summed E-state index contributed by atoms with van der Waals surface area (Å²) in [4.78, 5) is 33.2. The SMILES string of the molecule is CCCCN1C(=O)c2ccccc2C(C(=O)Nc2ccccn2)C12CCCC2. The third kappa shape index (κ3) is 3.09. The van der Waals surface area contributed by atoms with E-state index in [0.717, 1.165) is 44.1 Å². The Hall–Kier alpha value is -2.69. The molecule has 4 rings (SSSR count). The fourth-order valence-electron chi connectivity index (χ4n) is 4.94. The number of hydrogen-bond donors (Lipinski definition) is 1. The fraction of sp³-hybridized carbons (Fsp3) is 0.435. The second-order valence-corrected chi connectivity index (χ2v) is 7.85. The topological polar surface area (TPSA) is 62.3 Å². The largest absolute Gasteiger partial charge is 0.332 e. The molecule has 1 atom stereocenters. The zero-order valence-corrected chi connectivity index (χ0v) is 16.4. The molecule has 1 spiro atoms. The van der Waals surface area contributed by atoms with Crippen molar-refractivity contribution < 1.29 is 9.59 Å².